The first kappa shape index (κ1) is 24.2. The number of imidazole rings is 1. The third-order valence-corrected chi connectivity index (χ3v) is 6.04. The van der Waals surface area contributed by atoms with Crippen LogP contribution in [0.25, 0.3) is 0 Å². The minimum atomic E-state index is -0.126. The Morgan fingerprint density at radius 3 is 2.56 bits per heavy atom. The predicted molar refractivity (Wildman–Crippen MR) is 138 cm³/mol. The number of aliphatic imine (C=N–C) groups is 1. The number of aromatic nitrogens is 2. The van der Waals surface area contributed by atoms with Crippen LogP contribution in [0.1, 0.15) is 36.2 Å². The fourth-order valence-corrected chi connectivity index (χ4v) is 4.03. The van der Waals surface area contributed by atoms with Crippen molar-refractivity contribution in [1.29, 1.82) is 0 Å². The van der Waals surface area contributed by atoms with Crippen molar-refractivity contribution in [3.8, 4) is 0 Å². The van der Waals surface area contributed by atoms with Crippen molar-refractivity contribution in [2.24, 2.45) is 4.99 Å². The summed E-state index contributed by atoms with van der Waals surface area (Å²) in [5.74, 6) is 1.56. The maximum atomic E-state index is 14.2. The average molecular weight is 547 g/mol. The standard InChI is InChI=1S/C25H30FN5.HI/c1-27-24(30-19-25(13-14-25)21-11-5-6-12-22(21)26)29-18-23-28-15-17-31(23)16-7-10-20-8-3-2-4-9-20;/h2-6,8-9,11-12,15,17H,7,10,13-14,16,18-19H2,1H3,(H2,27,29,30);1H. The molecule has 0 spiro atoms. The molecule has 0 aliphatic heterocycles. The van der Waals surface area contributed by atoms with Crippen molar-refractivity contribution in [2.45, 2.75) is 44.2 Å². The zero-order valence-electron chi connectivity index (χ0n) is 18.4. The third-order valence-electron chi connectivity index (χ3n) is 6.04. The molecule has 4 rings (SSSR count). The molecule has 1 aliphatic rings. The van der Waals surface area contributed by atoms with Gasteiger partial charge in [0.2, 0.25) is 0 Å². The van der Waals surface area contributed by atoms with E-state index < -0.39 is 0 Å². The number of nitrogens with zero attached hydrogens (tertiary/aromatic N) is 3. The summed E-state index contributed by atoms with van der Waals surface area (Å²) in [6.45, 7) is 2.18. The molecular weight excluding hydrogens is 516 g/mol. The van der Waals surface area contributed by atoms with Crippen LogP contribution >= 0.6 is 24.0 Å². The van der Waals surface area contributed by atoms with E-state index in [1.807, 2.05) is 30.6 Å². The van der Waals surface area contributed by atoms with Crippen molar-refractivity contribution >= 4 is 29.9 Å². The lowest BCUT2D eigenvalue weighted by atomic mass is 9.95. The summed E-state index contributed by atoms with van der Waals surface area (Å²) in [4.78, 5) is 8.83. The summed E-state index contributed by atoms with van der Waals surface area (Å²) in [5, 5.41) is 6.73. The van der Waals surface area contributed by atoms with E-state index in [1.54, 1.807) is 19.2 Å². The van der Waals surface area contributed by atoms with Gasteiger partial charge in [-0.3, -0.25) is 4.99 Å². The molecule has 1 aliphatic carbocycles. The van der Waals surface area contributed by atoms with Gasteiger partial charge < -0.3 is 15.2 Å². The summed E-state index contributed by atoms with van der Waals surface area (Å²) in [6, 6.07) is 17.6. The van der Waals surface area contributed by atoms with E-state index in [0.29, 0.717) is 19.0 Å². The molecule has 5 nitrogen and oxygen atoms in total. The van der Waals surface area contributed by atoms with Crippen LogP contribution in [-0.4, -0.2) is 29.1 Å². The molecule has 32 heavy (non-hydrogen) atoms. The van der Waals surface area contributed by atoms with Gasteiger partial charge >= 0.3 is 0 Å². The van der Waals surface area contributed by atoms with Crippen molar-refractivity contribution < 1.29 is 4.39 Å². The number of hydrogen-bond acceptors (Lipinski definition) is 2. The summed E-state index contributed by atoms with van der Waals surface area (Å²) < 4.78 is 16.4. The second-order valence-corrected chi connectivity index (χ2v) is 8.17. The van der Waals surface area contributed by atoms with Crippen LogP contribution in [0.2, 0.25) is 0 Å². The third kappa shape index (κ3) is 6.09. The van der Waals surface area contributed by atoms with Gasteiger partial charge in [-0.25, -0.2) is 9.37 Å². The molecule has 2 aromatic carbocycles. The Balaban J connectivity index is 0.00000289. The Labute approximate surface area is 206 Å². The van der Waals surface area contributed by atoms with Crippen LogP contribution in [0.3, 0.4) is 0 Å². The van der Waals surface area contributed by atoms with Crippen molar-refractivity contribution in [2.75, 3.05) is 13.6 Å². The van der Waals surface area contributed by atoms with E-state index in [1.165, 1.54) is 5.56 Å². The Morgan fingerprint density at radius 1 is 1.09 bits per heavy atom. The SMILES string of the molecule is CN=C(NCc1nccn1CCCc1ccccc1)NCC1(c2ccccc2F)CC1.I. The van der Waals surface area contributed by atoms with Gasteiger partial charge in [0.05, 0.1) is 6.54 Å². The van der Waals surface area contributed by atoms with Gasteiger partial charge in [0.1, 0.15) is 11.6 Å². The molecule has 2 N–H and O–H groups in total. The van der Waals surface area contributed by atoms with E-state index in [4.69, 9.17) is 0 Å². The summed E-state index contributed by atoms with van der Waals surface area (Å²) in [6.07, 6.45) is 7.95. The highest BCUT2D eigenvalue weighted by Gasteiger charge is 2.45. The predicted octanol–water partition coefficient (Wildman–Crippen LogP) is 4.67. The smallest absolute Gasteiger partial charge is 0.191 e. The fraction of sp³-hybridized carbons (Fsp3) is 0.360. The molecule has 1 aromatic heterocycles. The molecule has 0 radical (unpaired) electrons. The molecule has 0 atom stereocenters. The fourth-order valence-electron chi connectivity index (χ4n) is 4.03. The number of rotatable bonds is 9. The lowest BCUT2D eigenvalue weighted by molar-refractivity contribution is 0.558. The summed E-state index contributed by atoms with van der Waals surface area (Å²) in [7, 11) is 1.75. The zero-order chi connectivity index (χ0) is 21.5. The Kier molecular flexibility index (Phi) is 8.67. The first-order chi connectivity index (χ1) is 15.2. The lowest BCUT2D eigenvalue weighted by Crippen LogP contribution is -2.41. The van der Waals surface area contributed by atoms with E-state index >= 15 is 0 Å². The highest BCUT2D eigenvalue weighted by molar-refractivity contribution is 14.0. The normalized spacial score (nSPS) is 14.5. The minimum Gasteiger partial charge on any atom is -0.356 e. The van der Waals surface area contributed by atoms with Crippen molar-refractivity contribution in [3.63, 3.8) is 0 Å². The van der Waals surface area contributed by atoms with Gasteiger partial charge in [-0.15, -0.1) is 24.0 Å². The molecule has 3 aromatic rings. The molecule has 7 heteroatoms. The van der Waals surface area contributed by atoms with Crippen LogP contribution in [0.15, 0.2) is 72.0 Å². The Hall–Kier alpha value is -2.42. The zero-order valence-corrected chi connectivity index (χ0v) is 20.8. The molecule has 0 amide bonds. The topological polar surface area (TPSA) is 54.2 Å². The Bertz CT molecular complexity index is 1010. The van der Waals surface area contributed by atoms with Crippen LogP contribution in [-0.2, 0) is 24.9 Å². The van der Waals surface area contributed by atoms with E-state index in [0.717, 1.165) is 43.6 Å². The molecule has 1 saturated carbocycles. The molecule has 0 bridgehead atoms. The van der Waals surface area contributed by atoms with Crippen LogP contribution < -0.4 is 10.6 Å². The quantitative estimate of drug-likeness (QED) is 0.233. The number of halogens is 2. The number of hydrogen-bond donors (Lipinski definition) is 2. The van der Waals surface area contributed by atoms with Gasteiger partial charge in [-0.05, 0) is 42.9 Å². The summed E-state index contributed by atoms with van der Waals surface area (Å²) in [5.41, 5.74) is 2.03. The molecule has 1 heterocycles. The molecule has 0 saturated heterocycles. The van der Waals surface area contributed by atoms with Crippen LogP contribution in [0, 0.1) is 5.82 Å². The number of guanidine groups is 1. The second kappa shape index (κ2) is 11.4. The lowest BCUT2D eigenvalue weighted by Gasteiger charge is -2.19. The molecular formula is C25H31FIN5. The highest BCUT2D eigenvalue weighted by atomic mass is 127. The molecule has 1 fully saturated rings. The minimum absolute atomic E-state index is 0. The van der Waals surface area contributed by atoms with Crippen LogP contribution in [0.5, 0.6) is 0 Å². The highest BCUT2D eigenvalue weighted by Crippen LogP contribution is 2.48. The van der Waals surface area contributed by atoms with E-state index in [2.05, 4.69) is 49.4 Å². The largest absolute Gasteiger partial charge is 0.356 e. The first-order valence-corrected chi connectivity index (χ1v) is 10.9. The van der Waals surface area contributed by atoms with Crippen molar-refractivity contribution in [3.05, 3.63) is 89.8 Å². The molecule has 0 unspecified atom stereocenters. The van der Waals surface area contributed by atoms with E-state index in [-0.39, 0.29) is 35.2 Å². The maximum Gasteiger partial charge on any atom is 0.191 e. The number of aryl methyl sites for hydroxylation is 2. The van der Waals surface area contributed by atoms with Gasteiger partial charge in [0, 0.05) is 37.9 Å². The summed E-state index contributed by atoms with van der Waals surface area (Å²) >= 11 is 0. The average Bonchev–Trinajstić information content (AvgIpc) is 3.45. The van der Waals surface area contributed by atoms with Gasteiger partial charge in [-0.1, -0.05) is 48.5 Å². The Morgan fingerprint density at radius 2 is 1.84 bits per heavy atom. The first-order valence-electron chi connectivity index (χ1n) is 10.9. The number of benzene rings is 2. The van der Waals surface area contributed by atoms with Crippen molar-refractivity contribution in [1.82, 2.24) is 20.2 Å². The number of nitrogens with one attached hydrogen (secondary N) is 2. The second-order valence-electron chi connectivity index (χ2n) is 8.17. The molecule has 170 valence electrons. The van der Waals surface area contributed by atoms with E-state index in [9.17, 15) is 4.39 Å². The van der Waals surface area contributed by atoms with Crippen LogP contribution in [0.4, 0.5) is 4.39 Å². The van der Waals surface area contributed by atoms with Gasteiger partial charge in [0.15, 0.2) is 5.96 Å². The maximum absolute atomic E-state index is 14.2. The van der Waals surface area contributed by atoms with Gasteiger partial charge in [0.25, 0.3) is 0 Å². The van der Waals surface area contributed by atoms with Gasteiger partial charge in [-0.2, -0.15) is 0 Å². The monoisotopic (exact) mass is 547 g/mol.